The number of halogens is 2. The molecule has 2 aromatic carbocycles. The molecule has 10 nitrogen and oxygen atoms in total. The van der Waals surface area contributed by atoms with Gasteiger partial charge in [0, 0.05) is 29.6 Å². The van der Waals surface area contributed by atoms with E-state index in [0.717, 1.165) is 0 Å². The predicted octanol–water partition coefficient (Wildman–Crippen LogP) is 4.18. The molecule has 0 unspecified atom stereocenters. The fourth-order valence-electron chi connectivity index (χ4n) is 5.18. The Balaban J connectivity index is 1.62. The SMILES string of the molecule is C[C@@]1(Cc2ccc(C#N)cc2)C(=O)N(c2cc(Cl)cc(Cl)c2)c2ncc(S(=O)(=O)N3CCC(C(=O)O)CC3)n21. The first kappa shape index (κ1) is 27.1. The van der Waals surface area contributed by atoms with Gasteiger partial charge in [-0.25, -0.2) is 18.3 Å². The van der Waals surface area contributed by atoms with Crippen molar-refractivity contribution in [3.8, 4) is 6.07 Å². The number of carbonyl (C=O) groups excluding carboxylic acids is 1. The molecule has 1 fully saturated rings. The van der Waals surface area contributed by atoms with Crippen LogP contribution < -0.4 is 4.90 Å². The molecule has 3 heterocycles. The van der Waals surface area contributed by atoms with Crippen LogP contribution in [-0.4, -0.2) is 52.3 Å². The highest BCUT2D eigenvalue weighted by Gasteiger charge is 2.52. The molecule has 1 N–H and O–H groups in total. The van der Waals surface area contributed by atoms with E-state index in [4.69, 9.17) is 28.5 Å². The van der Waals surface area contributed by atoms with Crippen molar-refractivity contribution >= 4 is 56.7 Å². The number of rotatable bonds is 6. The molecule has 3 aromatic rings. The molecule has 202 valence electrons. The number of benzene rings is 2. The highest BCUT2D eigenvalue weighted by atomic mass is 35.5. The molecule has 0 radical (unpaired) electrons. The average molecular weight is 588 g/mol. The van der Waals surface area contributed by atoms with Gasteiger partial charge in [0.05, 0.1) is 29.4 Å². The van der Waals surface area contributed by atoms with Crippen LogP contribution in [0.3, 0.4) is 0 Å². The molecule has 2 aliphatic rings. The van der Waals surface area contributed by atoms with Gasteiger partial charge in [0.2, 0.25) is 5.95 Å². The molecule has 13 heteroatoms. The molecule has 1 amide bonds. The molecular formula is C26H23Cl2N5O5S. The van der Waals surface area contributed by atoms with Crippen LogP contribution in [0.1, 0.15) is 30.9 Å². The van der Waals surface area contributed by atoms with Gasteiger partial charge >= 0.3 is 5.97 Å². The molecule has 2 aliphatic heterocycles. The van der Waals surface area contributed by atoms with Gasteiger partial charge in [0.25, 0.3) is 15.9 Å². The lowest BCUT2D eigenvalue weighted by Gasteiger charge is -2.31. The summed E-state index contributed by atoms with van der Waals surface area (Å²) >= 11 is 12.5. The number of carbonyl (C=O) groups is 2. The maximum Gasteiger partial charge on any atom is 0.306 e. The van der Waals surface area contributed by atoms with E-state index >= 15 is 0 Å². The van der Waals surface area contributed by atoms with E-state index in [-0.39, 0.29) is 43.3 Å². The van der Waals surface area contributed by atoms with Gasteiger partial charge in [-0.2, -0.15) is 9.57 Å². The van der Waals surface area contributed by atoms with Crippen molar-refractivity contribution < 1.29 is 23.1 Å². The van der Waals surface area contributed by atoms with E-state index in [1.807, 2.05) is 0 Å². The van der Waals surface area contributed by atoms with Crippen molar-refractivity contribution in [1.29, 1.82) is 5.26 Å². The Labute approximate surface area is 235 Å². The topological polar surface area (TPSA) is 137 Å². The summed E-state index contributed by atoms with van der Waals surface area (Å²) in [4.78, 5) is 31.2. The highest BCUT2D eigenvalue weighted by molar-refractivity contribution is 7.89. The lowest BCUT2D eigenvalue weighted by Crippen LogP contribution is -2.44. The predicted molar refractivity (Wildman–Crippen MR) is 143 cm³/mol. The van der Waals surface area contributed by atoms with Crippen LogP contribution in [0.5, 0.6) is 0 Å². The van der Waals surface area contributed by atoms with E-state index in [9.17, 15) is 23.1 Å². The largest absolute Gasteiger partial charge is 0.481 e. The number of aliphatic carboxylic acids is 1. The van der Waals surface area contributed by atoms with Crippen LogP contribution >= 0.6 is 23.2 Å². The maximum absolute atomic E-state index is 14.1. The number of hydrogen-bond donors (Lipinski definition) is 1. The summed E-state index contributed by atoms with van der Waals surface area (Å²) < 4.78 is 30.4. The lowest BCUT2D eigenvalue weighted by molar-refractivity contribution is -0.143. The van der Waals surface area contributed by atoms with Crippen LogP contribution in [0.25, 0.3) is 0 Å². The Hall–Kier alpha value is -3.43. The number of piperidine rings is 1. The second-order valence-corrected chi connectivity index (χ2v) is 12.5. The van der Waals surface area contributed by atoms with Gasteiger partial charge in [-0.15, -0.1) is 0 Å². The molecule has 5 rings (SSSR count). The summed E-state index contributed by atoms with van der Waals surface area (Å²) in [6.45, 7) is 1.71. The third kappa shape index (κ3) is 4.67. The minimum absolute atomic E-state index is 0.0354. The number of carboxylic acid groups (broad SMARTS) is 1. The van der Waals surface area contributed by atoms with E-state index < -0.39 is 33.4 Å². The van der Waals surface area contributed by atoms with Crippen molar-refractivity contribution in [3.63, 3.8) is 0 Å². The van der Waals surface area contributed by atoms with Crippen LogP contribution in [0.15, 0.2) is 53.7 Å². The number of nitrogens with zero attached hydrogens (tertiary/aromatic N) is 5. The monoisotopic (exact) mass is 587 g/mol. The zero-order valence-electron chi connectivity index (χ0n) is 20.7. The van der Waals surface area contributed by atoms with Crippen LogP contribution in [0, 0.1) is 17.2 Å². The number of carboxylic acids is 1. The third-order valence-electron chi connectivity index (χ3n) is 7.21. The van der Waals surface area contributed by atoms with Crippen LogP contribution in [0.2, 0.25) is 10.0 Å². The number of amides is 1. The third-order valence-corrected chi connectivity index (χ3v) is 9.51. The Bertz CT molecular complexity index is 1600. The molecule has 1 saturated heterocycles. The zero-order chi connectivity index (χ0) is 28.1. The number of fused-ring (bicyclic) bond motifs is 1. The van der Waals surface area contributed by atoms with E-state index in [1.54, 1.807) is 43.3 Å². The Morgan fingerprint density at radius 2 is 1.77 bits per heavy atom. The normalized spacial score (nSPS) is 20.2. The quantitative estimate of drug-likeness (QED) is 0.456. The smallest absolute Gasteiger partial charge is 0.306 e. The summed E-state index contributed by atoms with van der Waals surface area (Å²) in [5.41, 5.74) is 0.0738. The molecule has 0 saturated carbocycles. The van der Waals surface area contributed by atoms with E-state index in [1.165, 1.54) is 26.0 Å². The minimum Gasteiger partial charge on any atom is -0.481 e. The first-order chi connectivity index (χ1) is 18.5. The van der Waals surface area contributed by atoms with Gasteiger partial charge < -0.3 is 5.11 Å². The fraction of sp³-hybridized carbons (Fsp3) is 0.308. The number of nitriles is 1. The minimum atomic E-state index is -4.15. The van der Waals surface area contributed by atoms with Gasteiger partial charge in [-0.05, 0) is 55.7 Å². The summed E-state index contributed by atoms with van der Waals surface area (Å²) in [7, 11) is -4.15. The van der Waals surface area contributed by atoms with Crippen molar-refractivity contribution in [3.05, 3.63) is 69.8 Å². The van der Waals surface area contributed by atoms with Crippen LogP contribution in [-0.2, 0) is 31.6 Å². The highest BCUT2D eigenvalue weighted by Crippen LogP contribution is 2.45. The number of imidazole rings is 1. The first-order valence-corrected chi connectivity index (χ1v) is 14.3. The summed E-state index contributed by atoms with van der Waals surface area (Å²) in [6, 6.07) is 13.4. The number of hydrogen-bond acceptors (Lipinski definition) is 6. The van der Waals surface area contributed by atoms with Crippen LogP contribution in [0.4, 0.5) is 11.6 Å². The first-order valence-electron chi connectivity index (χ1n) is 12.1. The number of sulfonamides is 1. The average Bonchev–Trinajstić information content (AvgIpc) is 3.42. The Morgan fingerprint density at radius 1 is 1.15 bits per heavy atom. The molecule has 1 atom stereocenters. The zero-order valence-corrected chi connectivity index (χ0v) is 23.0. The van der Waals surface area contributed by atoms with Gasteiger partial charge in [-0.1, -0.05) is 35.3 Å². The van der Waals surface area contributed by atoms with E-state index in [2.05, 4.69) is 11.1 Å². The Morgan fingerprint density at radius 3 is 2.33 bits per heavy atom. The number of anilines is 2. The molecule has 0 spiro atoms. The summed E-state index contributed by atoms with van der Waals surface area (Å²) in [6.07, 6.45) is 1.69. The van der Waals surface area contributed by atoms with Gasteiger partial charge in [0.15, 0.2) is 5.03 Å². The number of aromatic nitrogens is 2. The summed E-state index contributed by atoms with van der Waals surface area (Å²) in [5.74, 6) is -1.91. The van der Waals surface area contributed by atoms with Crippen molar-refractivity contribution in [2.24, 2.45) is 5.92 Å². The van der Waals surface area contributed by atoms with Crippen molar-refractivity contribution in [1.82, 2.24) is 13.9 Å². The molecule has 0 bridgehead atoms. The second-order valence-electron chi connectivity index (χ2n) is 9.78. The van der Waals surface area contributed by atoms with Crippen molar-refractivity contribution in [2.75, 3.05) is 18.0 Å². The van der Waals surface area contributed by atoms with Gasteiger partial charge in [-0.3, -0.25) is 14.2 Å². The molecule has 1 aromatic heterocycles. The lowest BCUT2D eigenvalue weighted by atomic mass is 9.91. The van der Waals surface area contributed by atoms with Gasteiger partial charge in [0.1, 0.15) is 5.54 Å². The maximum atomic E-state index is 14.1. The molecule has 0 aliphatic carbocycles. The van der Waals surface area contributed by atoms with Crippen molar-refractivity contribution in [2.45, 2.75) is 36.8 Å². The molecule has 39 heavy (non-hydrogen) atoms. The Kier molecular flexibility index (Phi) is 6.93. The van der Waals surface area contributed by atoms with E-state index in [0.29, 0.717) is 26.9 Å². The molecular weight excluding hydrogens is 565 g/mol. The second kappa shape index (κ2) is 9.95. The standard InChI is InChI=1S/C26H23Cl2N5O5S/c1-26(13-16-2-4-17(14-29)5-3-16)24(36)32(21-11-19(27)10-20(28)12-21)25-30-15-22(33(25)26)39(37,38)31-8-6-18(7-9-31)23(34)35/h2-5,10-12,15,18H,6-9,13H2,1H3,(H,34,35)/t26-/m1/s1. The summed E-state index contributed by atoms with van der Waals surface area (Å²) in [5, 5.41) is 18.9. The fourth-order valence-corrected chi connectivity index (χ4v) is 7.35.